The average Bonchev–Trinajstić information content (AvgIpc) is 2.53. The smallest absolute Gasteiger partial charge is 0.407 e. The Morgan fingerprint density at radius 3 is 2.52 bits per heavy atom. The van der Waals surface area contributed by atoms with Gasteiger partial charge in [0.05, 0.1) is 12.5 Å². The van der Waals surface area contributed by atoms with Gasteiger partial charge < -0.3 is 15.2 Å². The van der Waals surface area contributed by atoms with E-state index in [9.17, 15) is 9.59 Å². The standard InChI is InChI=1S/C17H16BrNO4/c18-14-8-4-7-13(9-14)15(10-16(20)21)19-17(22)23-11-12-5-2-1-3-6-12/h1-9,15H,10-11H2,(H,19,22)(H,20,21)/t15-/m1/s1. The van der Waals surface area contributed by atoms with Crippen molar-refractivity contribution in [1.82, 2.24) is 5.32 Å². The maximum absolute atomic E-state index is 11.9. The second kappa shape index (κ2) is 8.33. The monoisotopic (exact) mass is 377 g/mol. The maximum Gasteiger partial charge on any atom is 0.407 e. The highest BCUT2D eigenvalue weighted by molar-refractivity contribution is 9.10. The summed E-state index contributed by atoms with van der Waals surface area (Å²) < 4.78 is 5.95. The zero-order valence-corrected chi connectivity index (χ0v) is 13.8. The number of hydrogen-bond donors (Lipinski definition) is 2. The molecular formula is C17H16BrNO4. The van der Waals surface area contributed by atoms with Crippen molar-refractivity contribution < 1.29 is 19.4 Å². The number of carboxylic acid groups (broad SMARTS) is 1. The number of amides is 1. The number of carboxylic acids is 1. The van der Waals surface area contributed by atoms with Gasteiger partial charge >= 0.3 is 12.1 Å². The van der Waals surface area contributed by atoms with Crippen molar-refractivity contribution in [3.63, 3.8) is 0 Å². The van der Waals surface area contributed by atoms with Crippen LogP contribution in [-0.4, -0.2) is 17.2 Å². The van der Waals surface area contributed by atoms with Gasteiger partial charge in [-0.05, 0) is 23.3 Å². The van der Waals surface area contributed by atoms with Crippen LogP contribution in [0.1, 0.15) is 23.6 Å². The Morgan fingerprint density at radius 1 is 1.13 bits per heavy atom. The summed E-state index contributed by atoms with van der Waals surface area (Å²) in [4.78, 5) is 23.0. The number of carbonyl (C=O) groups excluding carboxylic acids is 1. The predicted molar refractivity (Wildman–Crippen MR) is 88.9 cm³/mol. The lowest BCUT2D eigenvalue weighted by molar-refractivity contribution is -0.137. The molecule has 2 N–H and O–H groups in total. The molecule has 5 nitrogen and oxygen atoms in total. The lowest BCUT2D eigenvalue weighted by atomic mass is 10.0. The van der Waals surface area contributed by atoms with E-state index >= 15 is 0 Å². The van der Waals surface area contributed by atoms with Crippen molar-refractivity contribution >= 4 is 28.0 Å². The quantitative estimate of drug-likeness (QED) is 0.800. The molecular weight excluding hydrogens is 362 g/mol. The number of ether oxygens (including phenoxy) is 1. The lowest BCUT2D eigenvalue weighted by Gasteiger charge is -2.17. The number of rotatable bonds is 6. The summed E-state index contributed by atoms with van der Waals surface area (Å²) in [6.07, 6.45) is -0.878. The third-order valence-corrected chi connectivity index (χ3v) is 3.63. The van der Waals surface area contributed by atoms with Gasteiger partial charge in [0.2, 0.25) is 0 Å². The van der Waals surface area contributed by atoms with Gasteiger partial charge in [0.1, 0.15) is 6.61 Å². The molecule has 2 aromatic rings. The molecule has 120 valence electrons. The molecule has 0 radical (unpaired) electrons. The summed E-state index contributed by atoms with van der Waals surface area (Å²) in [6, 6.07) is 15.7. The first kappa shape index (κ1) is 17.0. The third-order valence-electron chi connectivity index (χ3n) is 3.13. The van der Waals surface area contributed by atoms with E-state index in [1.54, 1.807) is 18.2 Å². The van der Waals surface area contributed by atoms with E-state index in [0.29, 0.717) is 5.56 Å². The molecule has 2 rings (SSSR count). The number of alkyl carbamates (subject to hydrolysis) is 1. The Balaban J connectivity index is 1.99. The first-order chi connectivity index (χ1) is 11.0. The largest absolute Gasteiger partial charge is 0.481 e. The molecule has 0 aliphatic heterocycles. The van der Waals surface area contributed by atoms with Gasteiger partial charge in [-0.1, -0.05) is 58.4 Å². The van der Waals surface area contributed by atoms with Crippen LogP contribution in [0, 0.1) is 0 Å². The number of carbonyl (C=O) groups is 2. The van der Waals surface area contributed by atoms with Crippen LogP contribution in [-0.2, 0) is 16.1 Å². The lowest BCUT2D eigenvalue weighted by Crippen LogP contribution is -2.30. The maximum atomic E-state index is 11.9. The van der Waals surface area contributed by atoms with Crippen LogP contribution in [0.5, 0.6) is 0 Å². The molecule has 0 heterocycles. The van der Waals surface area contributed by atoms with Crippen molar-refractivity contribution in [3.05, 3.63) is 70.2 Å². The van der Waals surface area contributed by atoms with Crippen LogP contribution in [0.3, 0.4) is 0 Å². The van der Waals surface area contributed by atoms with E-state index in [4.69, 9.17) is 9.84 Å². The molecule has 1 atom stereocenters. The van der Waals surface area contributed by atoms with Crippen molar-refractivity contribution in [3.8, 4) is 0 Å². The van der Waals surface area contributed by atoms with Gasteiger partial charge in [-0.15, -0.1) is 0 Å². The van der Waals surface area contributed by atoms with E-state index < -0.39 is 18.1 Å². The molecule has 23 heavy (non-hydrogen) atoms. The summed E-state index contributed by atoms with van der Waals surface area (Å²) in [5, 5.41) is 11.6. The SMILES string of the molecule is O=C(O)C[C@@H](NC(=O)OCc1ccccc1)c1cccc(Br)c1. The normalized spacial score (nSPS) is 11.5. The van der Waals surface area contributed by atoms with Gasteiger partial charge in [-0.2, -0.15) is 0 Å². The summed E-state index contributed by atoms with van der Waals surface area (Å²) in [7, 11) is 0. The van der Waals surface area contributed by atoms with Gasteiger partial charge in [-0.3, -0.25) is 4.79 Å². The van der Waals surface area contributed by atoms with Crippen LogP contribution in [0.25, 0.3) is 0 Å². The van der Waals surface area contributed by atoms with E-state index in [-0.39, 0.29) is 13.0 Å². The number of hydrogen-bond acceptors (Lipinski definition) is 3. The van der Waals surface area contributed by atoms with Crippen LogP contribution >= 0.6 is 15.9 Å². The summed E-state index contributed by atoms with van der Waals surface area (Å²) >= 11 is 3.33. The number of nitrogens with one attached hydrogen (secondary N) is 1. The van der Waals surface area contributed by atoms with Gasteiger partial charge in [0.15, 0.2) is 0 Å². The molecule has 1 amide bonds. The fourth-order valence-corrected chi connectivity index (χ4v) is 2.47. The Bertz CT molecular complexity index is 675. The zero-order chi connectivity index (χ0) is 16.7. The fraction of sp³-hybridized carbons (Fsp3) is 0.176. The molecule has 0 unspecified atom stereocenters. The molecule has 0 fully saturated rings. The van der Waals surface area contributed by atoms with Gasteiger partial charge in [0, 0.05) is 4.47 Å². The molecule has 2 aromatic carbocycles. The first-order valence-corrected chi connectivity index (χ1v) is 7.78. The Labute approximate surface area is 142 Å². The van der Waals surface area contributed by atoms with E-state index in [2.05, 4.69) is 21.2 Å². The molecule has 0 spiro atoms. The minimum Gasteiger partial charge on any atom is -0.481 e. The second-order valence-corrected chi connectivity index (χ2v) is 5.83. The van der Waals surface area contributed by atoms with Crippen LogP contribution in [0.15, 0.2) is 59.1 Å². The van der Waals surface area contributed by atoms with Crippen molar-refractivity contribution in [1.29, 1.82) is 0 Å². The molecule has 0 saturated heterocycles. The summed E-state index contributed by atoms with van der Waals surface area (Å²) in [5.41, 5.74) is 1.55. The molecule has 0 aliphatic carbocycles. The highest BCUT2D eigenvalue weighted by Crippen LogP contribution is 2.21. The highest BCUT2D eigenvalue weighted by Gasteiger charge is 2.19. The number of halogens is 1. The molecule has 0 aliphatic rings. The third kappa shape index (κ3) is 5.75. The van der Waals surface area contributed by atoms with E-state index in [1.807, 2.05) is 36.4 Å². The average molecular weight is 378 g/mol. The Hall–Kier alpha value is -2.34. The Kier molecular flexibility index (Phi) is 6.17. The van der Waals surface area contributed by atoms with Gasteiger partial charge in [-0.25, -0.2) is 4.79 Å². The molecule has 0 aromatic heterocycles. The van der Waals surface area contributed by atoms with Crippen molar-refractivity contribution in [2.24, 2.45) is 0 Å². The van der Waals surface area contributed by atoms with Gasteiger partial charge in [0.25, 0.3) is 0 Å². The Morgan fingerprint density at radius 2 is 1.87 bits per heavy atom. The van der Waals surface area contributed by atoms with Crippen LogP contribution < -0.4 is 5.32 Å². The first-order valence-electron chi connectivity index (χ1n) is 6.99. The second-order valence-electron chi connectivity index (χ2n) is 4.91. The number of aliphatic carboxylic acids is 1. The molecule has 0 saturated carbocycles. The van der Waals surface area contributed by atoms with E-state index in [0.717, 1.165) is 10.0 Å². The fourth-order valence-electron chi connectivity index (χ4n) is 2.06. The summed E-state index contributed by atoms with van der Waals surface area (Å²) in [6.45, 7) is 0.130. The highest BCUT2D eigenvalue weighted by atomic mass is 79.9. The van der Waals surface area contributed by atoms with Crippen molar-refractivity contribution in [2.45, 2.75) is 19.1 Å². The minimum atomic E-state index is -1.00. The summed E-state index contributed by atoms with van der Waals surface area (Å²) in [5.74, 6) is -1.00. The predicted octanol–water partition coefficient (Wildman–Crippen LogP) is 3.89. The topological polar surface area (TPSA) is 75.6 Å². The zero-order valence-electron chi connectivity index (χ0n) is 12.2. The number of benzene rings is 2. The molecule has 6 heteroatoms. The molecule has 0 bridgehead atoms. The van der Waals surface area contributed by atoms with Crippen LogP contribution in [0.2, 0.25) is 0 Å². The van der Waals surface area contributed by atoms with Crippen molar-refractivity contribution in [2.75, 3.05) is 0 Å². The minimum absolute atomic E-state index is 0.130. The van der Waals surface area contributed by atoms with E-state index in [1.165, 1.54) is 0 Å². The van der Waals surface area contributed by atoms with Crippen LogP contribution in [0.4, 0.5) is 4.79 Å².